The molecular weight excluding hydrogens is 418 g/mol. The van der Waals surface area contributed by atoms with Gasteiger partial charge < -0.3 is 14.8 Å². The third-order valence-corrected chi connectivity index (χ3v) is 5.73. The lowest BCUT2D eigenvalue weighted by molar-refractivity contribution is 0.0527. The summed E-state index contributed by atoms with van der Waals surface area (Å²) in [6, 6.07) is 6.90. The Bertz CT molecular complexity index is 1090. The first kappa shape index (κ1) is 22.4. The number of amides is 1. The number of anilines is 1. The Labute approximate surface area is 184 Å². The molecule has 2 aromatic heterocycles. The molecule has 0 spiro atoms. The smallest absolute Gasteiger partial charge is 0.341 e. The van der Waals surface area contributed by atoms with Crippen LogP contribution in [0.1, 0.15) is 63.8 Å². The van der Waals surface area contributed by atoms with E-state index in [1.165, 1.54) is 11.3 Å². The van der Waals surface area contributed by atoms with Crippen LogP contribution in [0.15, 0.2) is 24.3 Å². The summed E-state index contributed by atoms with van der Waals surface area (Å²) in [4.78, 5) is 26.1. The molecule has 9 nitrogen and oxygen atoms in total. The summed E-state index contributed by atoms with van der Waals surface area (Å²) in [7, 11) is 0. The average molecular weight is 444 g/mol. The first-order valence-electron chi connectivity index (χ1n) is 9.89. The summed E-state index contributed by atoms with van der Waals surface area (Å²) in [5, 5.41) is 14.9. The summed E-state index contributed by atoms with van der Waals surface area (Å²) in [5.41, 5.74) is 1.60. The van der Waals surface area contributed by atoms with Gasteiger partial charge in [0.15, 0.2) is 5.82 Å². The molecule has 0 bridgehead atoms. The molecule has 0 aliphatic rings. The van der Waals surface area contributed by atoms with Gasteiger partial charge in [-0.05, 0) is 68.8 Å². The van der Waals surface area contributed by atoms with Gasteiger partial charge in [-0.25, -0.2) is 9.48 Å². The van der Waals surface area contributed by atoms with E-state index >= 15 is 0 Å². The molecule has 10 heteroatoms. The predicted molar refractivity (Wildman–Crippen MR) is 117 cm³/mol. The fourth-order valence-electron chi connectivity index (χ4n) is 2.92. The number of benzene rings is 1. The van der Waals surface area contributed by atoms with Crippen molar-refractivity contribution in [2.24, 2.45) is 0 Å². The number of thiophene rings is 1. The maximum Gasteiger partial charge on any atom is 0.341 e. The standard InChI is InChI=1S/C21H25N5O4S/c1-6-29-21(28)18-13(4)14(5)31-20(18)22-19(27)15-8-7-9-16(10-15)30-11-17-23-24-25-26(17)12(2)3/h7-10,12H,6,11H2,1-5H3,(H,22,27). The normalized spacial score (nSPS) is 10.9. The molecule has 0 atom stereocenters. The monoisotopic (exact) mass is 443 g/mol. The number of esters is 1. The lowest BCUT2D eigenvalue weighted by Crippen LogP contribution is -2.15. The highest BCUT2D eigenvalue weighted by Gasteiger charge is 2.22. The van der Waals surface area contributed by atoms with Crippen LogP contribution in [0.25, 0.3) is 0 Å². The average Bonchev–Trinajstić information content (AvgIpc) is 3.31. The van der Waals surface area contributed by atoms with Crippen LogP contribution in [-0.2, 0) is 11.3 Å². The Morgan fingerprint density at radius 1 is 1.26 bits per heavy atom. The van der Waals surface area contributed by atoms with Crippen LogP contribution in [0.3, 0.4) is 0 Å². The van der Waals surface area contributed by atoms with Gasteiger partial charge in [-0.15, -0.1) is 16.4 Å². The number of nitrogens with one attached hydrogen (secondary N) is 1. The highest BCUT2D eigenvalue weighted by molar-refractivity contribution is 7.16. The van der Waals surface area contributed by atoms with Crippen molar-refractivity contribution < 1.29 is 19.1 Å². The number of carbonyl (C=O) groups excluding carboxylic acids is 2. The third kappa shape index (κ3) is 5.08. The highest BCUT2D eigenvalue weighted by Crippen LogP contribution is 2.33. The number of aryl methyl sites for hydroxylation is 1. The van der Waals surface area contributed by atoms with E-state index in [2.05, 4.69) is 20.8 Å². The van der Waals surface area contributed by atoms with E-state index in [1.54, 1.807) is 35.9 Å². The highest BCUT2D eigenvalue weighted by atomic mass is 32.1. The molecule has 164 valence electrons. The van der Waals surface area contributed by atoms with Crippen molar-refractivity contribution in [1.29, 1.82) is 0 Å². The number of rotatable bonds is 8. The van der Waals surface area contributed by atoms with Crippen LogP contribution in [0.5, 0.6) is 5.75 Å². The van der Waals surface area contributed by atoms with Crippen molar-refractivity contribution in [2.45, 2.75) is 47.3 Å². The van der Waals surface area contributed by atoms with E-state index in [0.717, 1.165) is 10.4 Å². The fourth-order valence-corrected chi connectivity index (χ4v) is 3.97. The van der Waals surface area contributed by atoms with Gasteiger partial charge in [0, 0.05) is 10.4 Å². The van der Waals surface area contributed by atoms with E-state index in [1.807, 2.05) is 27.7 Å². The van der Waals surface area contributed by atoms with Crippen molar-refractivity contribution >= 4 is 28.2 Å². The maximum absolute atomic E-state index is 12.8. The zero-order valence-electron chi connectivity index (χ0n) is 18.1. The second kappa shape index (κ2) is 9.69. The fraction of sp³-hybridized carbons (Fsp3) is 0.381. The molecule has 31 heavy (non-hydrogen) atoms. The molecule has 3 rings (SSSR count). The largest absolute Gasteiger partial charge is 0.486 e. The summed E-state index contributed by atoms with van der Waals surface area (Å²) in [5.74, 6) is 0.312. The Hall–Kier alpha value is -3.27. The number of hydrogen-bond donors (Lipinski definition) is 1. The Morgan fingerprint density at radius 2 is 2.03 bits per heavy atom. The van der Waals surface area contributed by atoms with E-state index < -0.39 is 5.97 Å². The van der Waals surface area contributed by atoms with Gasteiger partial charge in [-0.2, -0.15) is 0 Å². The minimum atomic E-state index is -0.445. The quantitative estimate of drug-likeness (QED) is 0.525. The molecular formula is C21H25N5O4S. The molecule has 3 aromatic rings. The number of nitrogens with zero attached hydrogens (tertiary/aromatic N) is 4. The van der Waals surface area contributed by atoms with Crippen LogP contribution in [-0.4, -0.2) is 38.7 Å². The van der Waals surface area contributed by atoms with Gasteiger partial charge in [-0.1, -0.05) is 6.07 Å². The molecule has 0 saturated heterocycles. The SMILES string of the molecule is CCOC(=O)c1c(NC(=O)c2cccc(OCc3nnnn3C(C)C)c2)sc(C)c1C. The van der Waals surface area contributed by atoms with Crippen molar-refractivity contribution in [3.8, 4) is 5.75 Å². The number of aromatic nitrogens is 4. The maximum atomic E-state index is 12.8. The van der Waals surface area contributed by atoms with Crippen molar-refractivity contribution in [3.63, 3.8) is 0 Å². The number of tetrazole rings is 1. The number of hydrogen-bond acceptors (Lipinski definition) is 8. The molecule has 0 radical (unpaired) electrons. The van der Waals surface area contributed by atoms with Gasteiger partial charge >= 0.3 is 5.97 Å². The molecule has 1 N–H and O–H groups in total. The van der Waals surface area contributed by atoms with Gasteiger partial charge in [0.25, 0.3) is 5.91 Å². The Balaban J connectivity index is 1.74. The molecule has 0 aliphatic heterocycles. The second-order valence-corrected chi connectivity index (χ2v) is 8.34. The van der Waals surface area contributed by atoms with Crippen molar-refractivity contribution in [1.82, 2.24) is 20.2 Å². The Morgan fingerprint density at radius 3 is 2.74 bits per heavy atom. The molecule has 1 aromatic carbocycles. The first-order valence-corrected chi connectivity index (χ1v) is 10.7. The second-order valence-electron chi connectivity index (χ2n) is 7.11. The van der Waals surface area contributed by atoms with E-state index in [0.29, 0.717) is 27.7 Å². The molecule has 1 amide bonds. The lowest BCUT2D eigenvalue weighted by atomic mass is 10.1. The summed E-state index contributed by atoms with van der Waals surface area (Å²) in [6.07, 6.45) is 0. The number of ether oxygens (including phenoxy) is 2. The van der Waals surface area contributed by atoms with Crippen LogP contribution in [0.2, 0.25) is 0 Å². The molecule has 0 aliphatic carbocycles. The van der Waals surface area contributed by atoms with E-state index in [9.17, 15) is 9.59 Å². The molecule has 0 fully saturated rings. The minimum absolute atomic E-state index is 0.108. The zero-order chi connectivity index (χ0) is 22.5. The van der Waals surface area contributed by atoms with Gasteiger partial charge in [0.2, 0.25) is 0 Å². The summed E-state index contributed by atoms with van der Waals surface area (Å²) in [6.45, 7) is 9.87. The van der Waals surface area contributed by atoms with Gasteiger partial charge in [0.1, 0.15) is 17.4 Å². The predicted octanol–water partition coefficient (Wildman–Crippen LogP) is 3.94. The molecule has 2 heterocycles. The zero-order valence-corrected chi connectivity index (χ0v) is 18.9. The van der Waals surface area contributed by atoms with Crippen LogP contribution < -0.4 is 10.1 Å². The van der Waals surface area contributed by atoms with E-state index in [-0.39, 0.29) is 25.2 Å². The third-order valence-electron chi connectivity index (χ3n) is 4.61. The minimum Gasteiger partial charge on any atom is -0.486 e. The van der Waals surface area contributed by atoms with E-state index in [4.69, 9.17) is 9.47 Å². The van der Waals surface area contributed by atoms with Gasteiger partial charge in [-0.3, -0.25) is 4.79 Å². The van der Waals surface area contributed by atoms with Crippen LogP contribution in [0, 0.1) is 13.8 Å². The Kier molecular flexibility index (Phi) is 7.01. The van der Waals surface area contributed by atoms with Crippen LogP contribution in [0.4, 0.5) is 5.00 Å². The summed E-state index contributed by atoms with van der Waals surface area (Å²) < 4.78 is 12.6. The van der Waals surface area contributed by atoms with Crippen LogP contribution >= 0.6 is 11.3 Å². The lowest BCUT2D eigenvalue weighted by Gasteiger charge is -2.10. The summed E-state index contributed by atoms with van der Waals surface area (Å²) >= 11 is 1.35. The first-order chi connectivity index (χ1) is 14.8. The van der Waals surface area contributed by atoms with Crippen molar-refractivity contribution in [3.05, 3.63) is 51.7 Å². The number of carbonyl (C=O) groups is 2. The molecule has 0 saturated carbocycles. The van der Waals surface area contributed by atoms with Gasteiger partial charge in [0.05, 0.1) is 18.2 Å². The van der Waals surface area contributed by atoms with Crippen molar-refractivity contribution in [2.75, 3.05) is 11.9 Å². The molecule has 0 unspecified atom stereocenters. The topological polar surface area (TPSA) is 108 Å².